The highest BCUT2D eigenvalue weighted by molar-refractivity contribution is 6.37. The second-order valence-electron chi connectivity index (χ2n) is 5.91. The number of nitrogens with two attached hydrogens (primary N) is 1. The molecule has 2 aliphatic heterocycles. The van der Waals surface area contributed by atoms with Gasteiger partial charge in [0.15, 0.2) is 12.4 Å². The number of amides is 1. The molecule has 1 aromatic rings. The molecule has 7 nitrogen and oxygen atoms in total. The third kappa shape index (κ3) is 4.00. The zero-order chi connectivity index (χ0) is 18.0. The van der Waals surface area contributed by atoms with Crippen molar-refractivity contribution in [2.75, 3.05) is 38.6 Å². The van der Waals surface area contributed by atoms with E-state index in [1.807, 2.05) is 0 Å². The molecule has 0 radical (unpaired) electrons. The number of hydrogen-bond acceptors (Lipinski definition) is 6. The van der Waals surface area contributed by atoms with Gasteiger partial charge in [0.05, 0.1) is 29.5 Å². The number of likely N-dealkylation sites (tertiary alicyclic amines) is 1. The molecule has 0 unspecified atom stereocenters. The van der Waals surface area contributed by atoms with E-state index >= 15 is 0 Å². The molecule has 0 saturated carbocycles. The Morgan fingerprint density at radius 3 is 2.48 bits per heavy atom. The number of anilines is 1. The fourth-order valence-corrected chi connectivity index (χ4v) is 3.43. The molecule has 1 spiro atoms. The summed E-state index contributed by atoms with van der Waals surface area (Å²) in [5.41, 5.74) is 5.86. The summed E-state index contributed by atoms with van der Waals surface area (Å²) in [5, 5.41) is 0.416. The zero-order valence-corrected chi connectivity index (χ0v) is 14.9. The Bertz CT molecular complexity index is 681. The molecule has 2 aliphatic rings. The van der Waals surface area contributed by atoms with Crippen molar-refractivity contribution in [2.24, 2.45) is 0 Å². The summed E-state index contributed by atoms with van der Waals surface area (Å²) in [4.78, 5) is 26.0. The van der Waals surface area contributed by atoms with E-state index in [1.54, 1.807) is 4.90 Å². The fourth-order valence-electron chi connectivity index (χ4n) is 2.93. The lowest BCUT2D eigenvalue weighted by atomic mass is 10.0. The molecule has 2 fully saturated rings. The number of piperidine rings is 1. The molecule has 0 bridgehead atoms. The fraction of sp³-hybridized carbons (Fsp3) is 0.500. The van der Waals surface area contributed by atoms with Crippen LogP contribution in [0.2, 0.25) is 10.0 Å². The van der Waals surface area contributed by atoms with Crippen LogP contribution >= 0.6 is 23.2 Å². The van der Waals surface area contributed by atoms with E-state index in [0.29, 0.717) is 39.1 Å². The maximum absolute atomic E-state index is 12.2. The first-order valence-electron chi connectivity index (χ1n) is 7.87. The van der Waals surface area contributed by atoms with Crippen molar-refractivity contribution in [3.63, 3.8) is 0 Å². The van der Waals surface area contributed by atoms with Crippen LogP contribution in [0.5, 0.6) is 0 Å². The van der Waals surface area contributed by atoms with E-state index in [0.717, 1.165) is 0 Å². The maximum atomic E-state index is 12.2. The number of halogens is 2. The zero-order valence-electron chi connectivity index (χ0n) is 13.4. The van der Waals surface area contributed by atoms with Crippen LogP contribution in [0.15, 0.2) is 12.1 Å². The number of carbonyl (C=O) groups excluding carboxylic acids is 2. The van der Waals surface area contributed by atoms with E-state index in [9.17, 15) is 9.59 Å². The predicted molar refractivity (Wildman–Crippen MR) is 91.6 cm³/mol. The van der Waals surface area contributed by atoms with Crippen LogP contribution in [0.25, 0.3) is 0 Å². The molecule has 2 saturated heterocycles. The Labute approximate surface area is 154 Å². The van der Waals surface area contributed by atoms with Gasteiger partial charge in [-0.25, -0.2) is 4.79 Å². The number of ether oxygens (including phenoxy) is 3. The lowest BCUT2D eigenvalue weighted by Gasteiger charge is -2.37. The highest BCUT2D eigenvalue weighted by atomic mass is 35.5. The molecular weight excluding hydrogens is 371 g/mol. The smallest absolute Gasteiger partial charge is 0.340 e. The van der Waals surface area contributed by atoms with E-state index in [4.69, 9.17) is 43.1 Å². The molecule has 1 amide bonds. The molecule has 0 aliphatic carbocycles. The second kappa shape index (κ2) is 7.37. The van der Waals surface area contributed by atoms with E-state index in [1.165, 1.54) is 12.1 Å². The van der Waals surface area contributed by atoms with Crippen molar-refractivity contribution in [3.05, 3.63) is 27.7 Å². The maximum Gasteiger partial charge on any atom is 0.340 e. The molecule has 9 heteroatoms. The van der Waals surface area contributed by atoms with Gasteiger partial charge in [-0.2, -0.15) is 0 Å². The van der Waals surface area contributed by atoms with Crippen molar-refractivity contribution in [1.29, 1.82) is 0 Å². The molecular formula is C16H18Cl2N2O5. The summed E-state index contributed by atoms with van der Waals surface area (Å²) in [6.45, 7) is 1.75. The molecule has 136 valence electrons. The summed E-state index contributed by atoms with van der Waals surface area (Å²) in [6, 6.07) is 2.78. The normalized spacial score (nSPS) is 19.2. The summed E-state index contributed by atoms with van der Waals surface area (Å²) in [7, 11) is 0. The monoisotopic (exact) mass is 388 g/mol. The molecule has 1 aromatic carbocycles. The van der Waals surface area contributed by atoms with Gasteiger partial charge in [0.1, 0.15) is 0 Å². The van der Waals surface area contributed by atoms with Crippen LogP contribution in [0.3, 0.4) is 0 Å². The summed E-state index contributed by atoms with van der Waals surface area (Å²) in [5.74, 6) is -1.58. The van der Waals surface area contributed by atoms with Crippen molar-refractivity contribution in [2.45, 2.75) is 18.6 Å². The number of esters is 1. The number of hydrogen-bond donors (Lipinski definition) is 1. The Kier molecular flexibility index (Phi) is 5.38. The van der Waals surface area contributed by atoms with Gasteiger partial charge in [0, 0.05) is 31.0 Å². The van der Waals surface area contributed by atoms with Gasteiger partial charge in [-0.05, 0) is 12.1 Å². The first-order chi connectivity index (χ1) is 11.9. The number of benzene rings is 1. The third-order valence-corrected chi connectivity index (χ3v) is 4.86. The van der Waals surface area contributed by atoms with Crippen LogP contribution in [0, 0.1) is 0 Å². The number of nitrogen functional groups attached to an aromatic ring is 1. The Morgan fingerprint density at radius 1 is 1.20 bits per heavy atom. The summed E-state index contributed by atoms with van der Waals surface area (Å²) in [6.07, 6.45) is 1.20. The minimum atomic E-state index is -0.744. The van der Waals surface area contributed by atoms with Crippen LogP contribution < -0.4 is 5.73 Å². The van der Waals surface area contributed by atoms with Crippen molar-refractivity contribution < 1.29 is 23.8 Å². The molecule has 2 N–H and O–H groups in total. The standard InChI is InChI=1S/C16H18Cl2N2O5/c17-10-7-11(14(19)12(18)8-10)15(22)23-9-13(21)20-3-1-16(2-4-20)24-5-6-25-16/h7-8H,1-6,9,19H2. The average molecular weight is 389 g/mol. The Morgan fingerprint density at radius 2 is 1.84 bits per heavy atom. The van der Waals surface area contributed by atoms with Crippen molar-refractivity contribution in [3.8, 4) is 0 Å². The van der Waals surface area contributed by atoms with Gasteiger partial charge < -0.3 is 24.8 Å². The Hall–Kier alpha value is -1.54. The van der Waals surface area contributed by atoms with Gasteiger partial charge >= 0.3 is 5.97 Å². The highest BCUT2D eigenvalue weighted by Crippen LogP contribution is 2.31. The largest absolute Gasteiger partial charge is 0.452 e. The van der Waals surface area contributed by atoms with Crippen molar-refractivity contribution in [1.82, 2.24) is 4.90 Å². The van der Waals surface area contributed by atoms with Gasteiger partial charge in [0.2, 0.25) is 0 Å². The van der Waals surface area contributed by atoms with Crippen LogP contribution in [-0.2, 0) is 19.0 Å². The number of nitrogens with zero attached hydrogens (tertiary/aromatic N) is 1. The van der Waals surface area contributed by atoms with Crippen molar-refractivity contribution >= 4 is 40.8 Å². The predicted octanol–water partition coefficient (Wildman–Crippen LogP) is 2.10. The second-order valence-corrected chi connectivity index (χ2v) is 6.76. The first-order valence-corrected chi connectivity index (χ1v) is 8.63. The number of rotatable bonds is 3. The van der Waals surface area contributed by atoms with Crippen LogP contribution in [0.1, 0.15) is 23.2 Å². The highest BCUT2D eigenvalue weighted by Gasteiger charge is 2.40. The van der Waals surface area contributed by atoms with Crippen LogP contribution in [-0.4, -0.2) is 55.5 Å². The molecule has 2 heterocycles. The average Bonchev–Trinajstić information content (AvgIpc) is 3.04. The first kappa shape index (κ1) is 18.3. The molecule has 3 rings (SSSR count). The lowest BCUT2D eigenvalue weighted by Crippen LogP contribution is -2.48. The quantitative estimate of drug-likeness (QED) is 0.629. The summed E-state index contributed by atoms with van der Waals surface area (Å²) >= 11 is 11.8. The molecule has 0 atom stereocenters. The molecule has 25 heavy (non-hydrogen) atoms. The van der Waals surface area contributed by atoms with E-state index < -0.39 is 11.8 Å². The van der Waals surface area contributed by atoms with E-state index in [-0.39, 0.29) is 33.8 Å². The van der Waals surface area contributed by atoms with Crippen LogP contribution in [0.4, 0.5) is 5.69 Å². The van der Waals surface area contributed by atoms with Gasteiger partial charge in [-0.1, -0.05) is 23.2 Å². The molecule has 0 aromatic heterocycles. The summed E-state index contributed by atoms with van der Waals surface area (Å²) < 4.78 is 16.3. The minimum Gasteiger partial charge on any atom is -0.452 e. The topological polar surface area (TPSA) is 91.1 Å². The van der Waals surface area contributed by atoms with E-state index in [2.05, 4.69) is 0 Å². The van der Waals surface area contributed by atoms with Gasteiger partial charge in [-0.15, -0.1) is 0 Å². The SMILES string of the molecule is Nc1c(Cl)cc(Cl)cc1C(=O)OCC(=O)N1CCC2(CC1)OCCO2. The lowest BCUT2D eigenvalue weighted by molar-refractivity contribution is -0.188. The Balaban J connectivity index is 1.53. The minimum absolute atomic E-state index is 0.0376. The third-order valence-electron chi connectivity index (χ3n) is 4.33. The number of carbonyl (C=O) groups is 2. The van der Waals surface area contributed by atoms with Gasteiger partial charge in [-0.3, -0.25) is 4.79 Å². The van der Waals surface area contributed by atoms with Gasteiger partial charge in [0.25, 0.3) is 5.91 Å².